The minimum atomic E-state index is 0.660. The van der Waals surface area contributed by atoms with Gasteiger partial charge in [-0.1, -0.05) is 13.8 Å². The van der Waals surface area contributed by atoms with Crippen LogP contribution in [0.4, 0.5) is 17.1 Å². The molecule has 17 heavy (non-hydrogen) atoms. The Kier molecular flexibility index (Phi) is 5.10. The first-order chi connectivity index (χ1) is 8.16. The lowest BCUT2D eigenvalue weighted by Crippen LogP contribution is -2.44. The number of likely N-dealkylation sites (N-methyl/N-ethyl adjacent to an activating group) is 1. The van der Waals surface area contributed by atoms with Crippen molar-refractivity contribution in [1.29, 1.82) is 0 Å². The number of hydrogen-bond donors (Lipinski definition) is 2. The number of nitrogen functional groups attached to an aromatic ring is 2. The predicted molar refractivity (Wildman–Crippen MR) is 76.3 cm³/mol. The van der Waals surface area contributed by atoms with Crippen LogP contribution in [-0.2, 0) is 0 Å². The van der Waals surface area contributed by atoms with Crippen LogP contribution in [0.3, 0.4) is 0 Å². The zero-order chi connectivity index (χ0) is 12.8. The molecule has 96 valence electrons. The van der Waals surface area contributed by atoms with Crippen LogP contribution < -0.4 is 16.4 Å². The van der Waals surface area contributed by atoms with E-state index < -0.39 is 0 Å². The molecule has 0 saturated carbocycles. The Morgan fingerprint density at radius 1 is 0.941 bits per heavy atom. The van der Waals surface area contributed by atoms with Gasteiger partial charge in [-0.25, -0.2) is 0 Å². The molecule has 0 aliphatic carbocycles. The van der Waals surface area contributed by atoms with Gasteiger partial charge in [0.25, 0.3) is 0 Å². The fourth-order valence-electron chi connectivity index (χ4n) is 1.82. The molecule has 1 aliphatic heterocycles. The molecule has 0 unspecified atom stereocenters. The molecular formula is C13H24N4. The molecule has 4 N–H and O–H groups in total. The van der Waals surface area contributed by atoms with Crippen molar-refractivity contribution in [1.82, 2.24) is 4.90 Å². The van der Waals surface area contributed by atoms with Gasteiger partial charge in [0.2, 0.25) is 0 Å². The smallest absolute Gasteiger partial charge is 0.0568 e. The first kappa shape index (κ1) is 13.6. The fourth-order valence-corrected chi connectivity index (χ4v) is 1.82. The second-order valence-corrected chi connectivity index (χ2v) is 4.10. The van der Waals surface area contributed by atoms with Gasteiger partial charge in [0, 0.05) is 31.9 Å². The molecule has 0 aromatic heterocycles. The summed E-state index contributed by atoms with van der Waals surface area (Å²) in [7, 11) is 2.15. The summed E-state index contributed by atoms with van der Waals surface area (Å²) >= 11 is 0. The van der Waals surface area contributed by atoms with Crippen molar-refractivity contribution in [2.24, 2.45) is 0 Å². The van der Waals surface area contributed by atoms with E-state index in [-0.39, 0.29) is 0 Å². The van der Waals surface area contributed by atoms with E-state index >= 15 is 0 Å². The van der Waals surface area contributed by atoms with Crippen LogP contribution in [0.25, 0.3) is 0 Å². The molecule has 0 radical (unpaired) electrons. The third-order valence-electron chi connectivity index (χ3n) is 2.94. The highest BCUT2D eigenvalue weighted by Gasteiger charge is 2.14. The molecule has 0 spiro atoms. The van der Waals surface area contributed by atoms with Crippen LogP contribution in [0, 0.1) is 0 Å². The highest BCUT2D eigenvalue weighted by Crippen LogP contribution is 2.23. The van der Waals surface area contributed by atoms with Crippen molar-refractivity contribution in [2.75, 3.05) is 49.6 Å². The first-order valence-electron chi connectivity index (χ1n) is 6.25. The van der Waals surface area contributed by atoms with Crippen molar-refractivity contribution in [3.8, 4) is 0 Å². The highest BCUT2D eigenvalue weighted by atomic mass is 15.2. The average molecular weight is 236 g/mol. The number of piperazine rings is 1. The molecule has 4 nitrogen and oxygen atoms in total. The number of hydrogen-bond acceptors (Lipinski definition) is 4. The van der Waals surface area contributed by atoms with Crippen LogP contribution >= 0.6 is 0 Å². The summed E-state index contributed by atoms with van der Waals surface area (Å²) in [5.41, 5.74) is 14.0. The summed E-state index contributed by atoms with van der Waals surface area (Å²) in [4.78, 5) is 4.67. The minimum Gasteiger partial charge on any atom is -0.397 e. The zero-order valence-electron chi connectivity index (χ0n) is 11.1. The second kappa shape index (κ2) is 6.35. The Hall–Kier alpha value is -1.42. The second-order valence-electron chi connectivity index (χ2n) is 4.10. The van der Waals surface area contributed by atoms with Crippen LogP contribution in [0.1, 0.15) is 13.8 Å². The molecule has 1 heterocycles. The quantitative estimate of drug-likeness (QED) is 0.728. The molecule has 1 aromatic rings. The monoisotopic (exact) mass is 236 g/mol. The maximum absolute atomic E-state index is 5.79. The van der Waals surface area contributed by atoms with Crippen LogP contribution in [0.5, 0.6) is 0 Å². The van der Waals surface area contributed by atoms with Crippen molar-refractivity contribution in [3.05, 3.63) is 18.2 Å². The van der Waals surface area contributed by atoms with Crippen LogP contribution in [-0.4, -0.2) is 38.1 Å². The Bertz CT molecular complexity index is 343. The van der Waals surface area contributed by atoms with Crippen LogP contribution in [0.2, 0.25) is 0 Å². The van der Waals surface area contributed by atoms with Crippen molar-refractivity contribution >= 4 is 17.1 Å². The molecule has 4 heteroatoms. The third-order valence-corrected chi connectivity index (χ3v) is 2.94. The van der Waals surface area contributed by atoms with Gasteiger partial charge in [-0.2, -0.15) is 0 Å². The molecular weight excluding hydrogens is 212 g/mol. The molecule has 1 saturated heterocycles. The largest absolute Gasteiger partial charge is 0.397 e. The number of anilines is 3. The Labute approximate surface area is 104 Å². The zero-order valence-corrected chi connectivity index (χ0v) is 11.1. The van der Waals surface area contributed by atoms with E-state index in [0.717, 1.165) is 26.2 Å². The standard InChI is InChI=1S/C11H18N4.C2H6/c1-14-4-6-15(7-5-14)9-2-3-10(12)11(13)8-9;1-2/h2-3,8H,4-7,12-13H2,1H3;1-2H3. The lowest BCUT2D eigenvalue weighted by molar-refractivity contribution is 0.313. The van der Waals surface area contributed by atoms with Gasteiger partial charge < -0.3 is 21.3 Å². The molecule has 0 atom stereocenters. The predicted octanol–water partition coefficient (Wildman–Crippen LogP) is 1.63. The van der Waals surface area contributed by atoms with E-state index in [1.165, 1.54) is 5.69 Å². The number of nitrogens with zero attached hydrogens (tertiary/aromatic N) is 2. The summed E-state index contributed by atoms with van der Waals surface area (Å²) in [5.74, 6) is 0. The van der Waals surface area contributed by atoms with Crippen molar-refractivity contribution in [3.63, 3.8) is 0 Å². The van der Waals surface area contributed by atoms with Gasteiger partial charge in [0.05, 0.1) is 11.4 Å². The first-order valence-corrected chi connectivity index (χ1v) is 6.25. The topological polar surface area (TPSA) is 58.5 Å². The van der Waals surface area contributed by atoms with Gasteiger partial charge in [-0.05, 0) is 25.2 Å². The summed E-state index contributed by atoms with van der Waals surface area (Å²) < 4.78 is 0. The minimum absolute atomic E-state index is 0.660. The summed E-state index contributed by atoms with van der Waals surface area (Å²) in [6, 6.07) is 5.88. The van der Waals surface area contributed by atoms with E-state index in [2.05, 4.69) is 16.8 Å². The SMILES string of the molecule is CC.CN1CCN(c2ccc(N)c(N)c2)CC1. The summed E-state index contributed by atoms with van der Waals surface area (Å²) in [5, 5.41) is 0. The highest BCUT2D eigenvalue weighted by molar-refractivity contribution is 5.69. The maximum Gasteiger partial charge on any atom is 0.0568 e. The van der Waals surface area contributed by atoms with E-state index in [1.54, 1.807) is 0 Å². The molecule has 2 rings (SSSR count). The van der Waals surface area contributed by atoms with E-state index in [4.69, 9.17) is 11.5 Å². The van der Waals surface area contributed by atoms with E-state index in [1.807, 2.05) is 32.0 Å². The van der Waals surface area contributed by atoms with Crippen LogP contribution in [0.15, 0.2) is 18.2 Å². The van der Waals surface area contributed by atoms with E-state index in [0.29, 0.717) is 11.4 Å². The molecule has 1 aliphatic rings. The van der Waals surface area contributed by atoms with Gasteiger partial charge >= 0.3 is 0 Å². The Morgan fingerprint density at radius 2 is 1.53 bits per heavy atom. The number of benzene rings is 1. The normalized spacial score (nSPS) is 16.3. The van der Waals surface area contributed by atoms with Crippen molar-refractivity contribution in [2.45, 2.75) is 13.8 Å². The maximum atomic E-state index is 5.79. The van der Waals surface area contributed by atoms with E-state index in [9.17, 15) is 0 Å². The molecule has 0 amide bonds. The van der Waals surface area contributed by atoms with Crippen molar-refractivity contribution < 1.29 is 0 Å². The third kappa shape index (κ3) is 3.53. The molecule has 0 bridgehead atoms. The summed E-state index contributed by atoms with van der Waals surface area (Å²) in [6.07, 6.45) is 0. The molecule has 1 aromatic carbocycles. The lowest BCUT2D eigenvalue weighted by atomic mass is 10.2. The van der Waals surface area contributed by atoms with Gasteiger partial charge in [0.15, 0.2) is 0 Å². The van der Waals surface area contributed by atoms with Gasteiger partial charge in [0.1, 0.15) is 0 Å². The average Bonchev–Trinajstić information content (AvgIpc) is 2.36. The van der Waals surface area contributed by atoms with Gasteiger partial charge in [-0.3, -0.25) is 0 Å². The number of nitrogens with two attached hydrogens (primary N) is 2. The Morgan fingerprint density at radius 3 is 2.06 bits per heavy atom. The Balaban J connectivity index is 0.000000686. The number of rotatable bonds is 1. The molecule has 1 fully saturated rings. The summed E-state index contributed by atoms with van der Waals surface area (Å²) in [6.45, 7) is 8.31. The lowest BCUT2D eigenvalue weighted by Gasteiger charge is -2.34. The fraction of sp³-hybridized carbons (Fsp3) is 0.538. The van der Waals surface area contributed by atoms with Gasteiger partial charge in [-0.15, -0.1) is 0 Å².